The van der Waals surface area contributed by atoms with E-state index in [1.807, 2.05) is 6.07 Å². The molecular formula is C22H28ClN3O2. The summed E-state index contributed by atoms with van der Waals surface area (Å²) in [4.78, 5) is 15.2. The number of nitrogens with zero attached hydrogens (tertiary/aromatic N) is 1. The van der Waals surface area contributed by atoms with E-state index in [-0.39, 0.29) is 5.91 Å². The highest BCUT2D eigenvalue weighted by Crippen LogP contribution is 2.31. The van der Waals surface area contributed by atoms with Crippen molar-refractivity contribution in [3.05, 3.63) is 58.6 Å². The van der Waals surface area contributed by atoms with E-state index < -0.39 is 0 Å². The van der Waals surface area contributed by atoms with Crippen LogP contribution in [0.5, 0.6) is 5.75 Å². The highest BCUT2D eigenvalue weighted by Gasteiger charge is 2.30. The summed E-state index contributed by atoms with van der Waals surface area (Å²) in [6.07, 6.45) is 1.07. The molecule has 28 heavy (non-hydrogen) atoms. The van der Waals surface area contributed by atoms with Gasteiger partial charge in [-0.2, -0.15) is 0 Å². The number of rotatable bonds is 7. The van der Waals surface area contributed by atoms with Crippen LogP contribution in [-0.4, -0.2) is 44.1 Å². The number of carbonyl (C=O) groups excluding carboxylic acids is 1. The maximum atomic E-state index is 12.8. The first-order valence-electron chi connectivity index (χ1n) is 9.63. The van der Waals surface area contributed by atoms with Crippen molar-refractivity contribution >= 4 is 23.2 Å². The van der Waals surface area contributed by atoms with Crippen LogP contribution in [0.15, 0.2) is 42.5 Å². The van der Waals surface area contributed by atoms with Gasteiger partial charge in [0.1, 0.15) is 5.75 Å². The Morgan fingerprint density at radius 3 is 2.71 bits per heavy atom. The van der Waals surface area contributed by atoms with E-state index in [1.165, 1.54) is 5.56 Å². The molecule has 2 aromatic rings. The minimum atomic E-state index is -0.166. The van der Waals surface area contributed by atoms with Gasteiger partial charge in [0, 0.05) is 38.8 Å². The molecule has 0 aliphatic carbocycles. The lowest BCUT2D eigenvalue weighted by Crippen LogP contribution is -2.39. The van der Waals surface area contributed by atoms with Gasteiger partial charge in [-0.1, -0.05) is 48.9 Å². The van der Waals surface area contributed by atoms with Crippen molar-refractivity contribution in [2.45, 2.75) is 25.9 Å². The summed E-state index contributed by atoms with van der Waals surface area (Å²) in [7, 11) is 3.34. The van der Waals surface area contributed by atoms with E-state index in [0.717, 1.165) is 25.2 Å². The van der Waals surface area contributed by atoms with E-state index in [4.69, 9.17) is 16.3 Å². The number of ether oxygens (including phenoxy) is 1. The number of anilines is 1. The van der Waals surface area contributed by atoms with E-state index >= 15 is 0 Å². The minimum Gasteiger partial charge on any atom is -0.496 e. The molecule has 1 heterocycles. The molecule has 2 aromatic carbocycles. The molecule has 3 rings (SSSR count). The van der Waals surface area contributed by atoms with Crippen molar-refractivity contribution in [2.75, 3.05) is 32.6 Å². The van der Waals surface area contributed by atoms with Gasteiger partial charge in [-0.15, -0.1) is 0 Å². The first kappa shape index (κ1) is 20.5. The lowest BCUT2D eigenvalue weighted by atomic mass is 10.1. The maximum Gasteiger partial charge on any atom is 0.255 e. The minimum absolute atomic E-state index is 0.166. The fourth-order valence-corrected chi connectivity index (χ4v) is 4.12. The van der Waals surface area contributed by atoms with Gasteiger partial charge in [0.15, 0.2) is 0 Å². The Bertz CT molecular complexity index is 813. The van der Waals surface area contributed by atoms with Crippen molar-refractivity contribution in [3.8, 4) is 5.75 Å². The molecule has 150 valence electrons. The Balaban J connectivity index is 1.67. The number of hydrogen-bond donors (Lipinski definition) is 2. The molecule has 1 aliphatic rings. The summed E-state index contributed by atoms with van der Waals surface area (Å²) < 4.78 is 5.38. The molecule has 5 nitrogen and oxygen atoms in total. The zero-order valence-corrected chi connectivity index (χ0v) is 17.4. The van der Waals surface area contributed by atoms with E-state index in [2.05, 4.69) is 46.7 Å². The predicted octanol–water partition coefficient (Wildman–Crippen LogP) is 4.03. The molecule has 0 radical (unpaired) electrons. The molecule has 1 saturated heterocycles. The third-order valence-corrected chi connectivity index (χ3v) is 5.58. The van der Waals surface area contributed by atoms with Gasteiger partial charge >= 0.3 is 0 Å². The molecule has 1 aliphatic heterocycles. The van der Waals surface area contributed by atoms with Crippen molar-refractivity contribution in [2.24, 2.45) is 5.92 Å². The van der Waals surface area contributed by atoms with Crippen LogP contribution in [-0.2, 0) is 6.54 Å². The Kier molecular flexibility index (Phi) is 6.81. The quantitative estimate of drug-likeness (QED) is 0.735. The number of benzene rings is 2. The average Bonchev–Trinajstić information content (AvgIpc) is 3.05. The summed E-state index contributed by atoms with van der Waals surface area (Å²) in [5.41, 5.74) is 2.48. The SMILES string of the molecule is CNc1cc(OC)c(C(=O)NC[C@H]2C[C@H](C)CN2Cc2ccccc2)cc1Cl. The van der Waals surface area contributed by atoms with Crippen LogP contribution in [0, 0.1) is 5.92 Å². The number of halogens is 1. The largest absolute Gasteiger partial charge is 0.496 e. The standard InChI is InChI=1S/C22H28ClN3O2/c1-15-9-17(26(13-15)14-16-7-5-4-6-8-16)12-25-22(27)18-10-19(23)20(24-2)11-21(18)28-3/h4-8,10-11,15,17,24H,9,12-14H2,1-3H3,(H,25,27)/t15-,17+/m0/s1. The van der Waals surface area contributed by atoms with Crippen molar-refractivity contribution in [1.82, 2.24) is 10.2 Å². The molecule has 6 heteroatoms. The molecule has 0 aromatic heterocycles. The maximum absolute atomic E-state index is 12.8. The molecule has 0 unspecified atom stereocenters. The lowest BCUT2D eigenvalue weighted by molar-refractivity contribution is 0.0937. The second-order valence-corrected chi connectivity index (χ2v) is 7.81. The third-order valence-electron chi connectivity index (χ3n) is 5.27. The second-order valence-electron chi connectivity index (χ2n) is 7.40. The van der Waals surface area contributed by atoms with Gasteiger partial charge in [-0.3, -0.25) is 9.69 Å². The summed E-state index contributed by atoms with van der Waals surface area (Å²) in [5.74, 6) is 0.956. The fraction of sp³-hybridized carbons (Fsp3) is 0.409. The summed E-state index contributed by atoms with van der Waals surface area (Å²) >= 11 is 6.26. The normalized spacial score (nSPS) is 19.4. The van der Waals surface area contributed by atoms with Gasteiger partial charge in [-0.25, -0.2) is 0 Å². The van der Waals surface area contributed by atoms with Crippen LogP contribution >= 0.6 is 11.6 Å². The van der Waals surface area contributed by atoms with E-state index in [9.17, 15) is 4.79 Å². The molecule has 1 fully saturated rings. The Hall–Kier alpha value is -2.24. The highest BCUT2D eigenvalue weighted by atomic mass is 35.5. The fourth-order valence-electron chi connectivity index (χ4n) is 3.86. The number of amides is 1. The van der Waals surface area contributed by atoms with Gasteiger partial charge in [0.05, 0.1) is 23.4 Å². The molecule has 1 amide bonds. The van der Waals surface area contributed by atoms with Crippen molar-refractivity contribution in [1.29, 1.82) is 0 Å². The van der Waals surface area contributed by atoms with Gasteiger partial charge < -0.3 is 15.4 Å². The van der Waals surface area contributed by atoms with Gasteiger partial charge in [-0.05, 0) is 24.0 Å². The number of hydrogen-bond acceptors (Lipinski definition) is 4. The van der Waals surface area contributed by atoms with Gasteiger partial charge in [0.25, 0.3) is 5.91 Å². The highest BCUT2D eigenvalue weighted by molar-refractivity contribution is 6.33. The third kappa shape index (κ3) is 4.78. The van der Waals surface area contributed by atoms with Crippen LogP contribution in [0.4, 0.5) is 5.69 Å². The molecule has 2 atom stereocenters. The second kappa shape index (κ2) is 9.30. The smallest absolute Gasteiger partial charge is 0.255 e. The molecule has 0 bridgehead atoms. The topological polar surface area (TPSA) is 53.6 Å². The van der Waals surface area contributed by atoms with Crippen molar-refractivity contribution in [3.63, 3.8) is 0 Å². The van der Waals surface area contributed by atoms with Crippen LogP contribution in [0.1, 0.15) is 29.3 Å². The van der Waals surface area contributed by atoms with E-state index in [0.29, 0.717) is 34.8 Å². The average molecular weight is 402 g/mol. The first-order chi connectivity index (χ1) is 13.5. The molecule has 0 spiro atoms. The van der Waals surface area contributed by atoms with Crippen molar-refractivity contribution < 1.29 is 9.53 Å². The van der Waals surface area contributed by atoms with E-state index in [1.54, 1.807) is 26.3 Å². The number of carbonyl (C=O) groups is 1. The molecular weight excluding hydrogens is 374 g/mol. The summed E-state index contributed by atoms with van der Waals surface area (Å²) in [6.45, 7) is 4.81. The monoisotopic (exact) mass is 401 g/mol. The van der Waals surface area contributed by atoms with Crippen LogP contribution in [0.2, 0.25) is 5.02 Å². The van der Waals surface area contributed by atoms with Crippen LogP contribution in [0.25, 0.3) is 0 Å². The molecule has 2 N–H and O–H groups in total. The van der Waals surface area contributed by atoms with Crippen LogP contribution < -0.4 is 15.4 Å². The zero-order valence-electron chi connectivity index (χ0n) is 16.7. The zero-order chi connectivity index (χ0) is 20.1. The van der Waals surface area contributed by atoms with Crippen LogP contribution in [0.3, 0.4) is 0 Å². The Morgan fingerprint density at radius 2 is 2.04 bits per heavy atom. The summed E-state index contributed by atoms with van der Waals surface area (Å²) in [5, 5.41) is 6.57. The molecule has 0 saturated carbocycles. The lowest BCUT2D eigenvalue weighted by Gasteiger charge is -2.25. The Morgan fingerprint density at radius 1 is 1.29 bits per heavy atom. The number of nitrogens with one attached hydrogen (secondary N) is 2. The van der Waals surface area contributed by atoms with Gasteiger partial charge in [0.2, 0.25) is 0 Å². The predicted molar refractivity (Wildman–Crippen MR) is 114 cm³/mol. The summed E-state index contributed by atoms with van der Waals surface area (Å²) in [6, 6.07) is 14.2. The first-order valence-corrected chi connectivity index (χ1v) is 10.0. The number of methoxy groups -OCH3 is 1. The Labute approximate surface area is 172 Å². The number of likely N-dealkylation sites (tertiary alicyclic amines) is 1.